The Bertz CT molecular complexity index is 620. The van der Waals surface area contributed by atoms with Crippen LogP contribution in [0.2, 0.25) is 0 Å². The molecule has 100 valence electrons. The molecule has 6 nitrogen and oxygen atoms in total. The summed E-state index contributed by atoms with van der Waals surface area (Å²) in [5.41, 5.74) is 1.08. The van der Waals surface area contributed by atoms with E-state index in [0.717, 1.165) is 11.4 Å². The van der Waals surface area contributed by atoms with Gasteiger partial charge in [-0.3, -0.25) is 0 Å². The number of hydrogen-bond acceptors (Lipinski definition) is 4. The molecule has 0 atom stereocenters. The molecule has 1 aromatic heterocycles. The van der Waals surface area contributed by atoms with E-state index in [1.165, 1.54) is 6.07 Å². The number of aromatic carboxylic acids is 1. The van der Waals surface area contributed by atoms with Crippen LogP contribution in [0.25, 0.3) is 0 Å². The van der Waals surface area contributed by atoms with Crippen LogP contribution in [0.4, 0.5) is 0 Å². The smallest absolute Gasteiger partial charge is 0.339 e. The summed E-state index contributed by atoms with van der Waals surface area (Å²) in [6.07, 6.45) is 0. The highest BCUT2D eigenvalue weighted by Gasteiger charge is 2.13. The quantitative estimate of drug-likeness (QED) is 0.906. The van der Waals surface area contributed by atoms with Gasteiger partial charge in [-0.1, -0.05) is 6.07 Å². The molecule has 0 fully saturated rings. The Morgan fingerprint density at radius 2 is 2.11 bits per heavy atom. The number of nitrogens with zero attached hydrogens (tertiary/aromatic N) is 3. The maximum Gasteiger partial charge on any atom is 0.339 e. The van der Waals surface area contributed by atoms with Crippen LogP contribution in [0.5, 0.6) is 5.75 Å². The molecular weight excluding hydrogens is 246 g/mol. The van der Waals surface area contributed by atoms with E-state index in [4.69, 9.17) is 9.84 Å². The van der Waals surface area contributed by atoms with Crippen molar-refractivity contribution in [3.05, 3.63) is 41.0 Å². The fourth-order valence-electron chi connectivity index (χ4n) is 1.64. The summed E-state index contributed by atoms with van der Waals surface area (Å²) in [6, 6.07) is 4.98. The third-order valence-electron chi connectivity index (χ3n) is 2.91. The zero-order valence-corrected chi connectivity index (χ0v) is 11.0. The molecular formula is C13H15N3O3. The van der Waals surface area contributed by atoms with Gasteiger partial charge in [0.05, 0.1) is 0 Å². The van der Waals surface area contributed by atoms with Crippen LogP contribution in [0.3, 0.4) is 0 Å². The van der Waals surface area contributed by atoms with Crippen molar-refractivity contribution in [2.45, 2.75) is 20.5 Å². The lowest BCUT2D eigenvalue weighted by atomic mass is 10.1. The number of carbonyl (C=O) groups is 1. The topological polar surface area (TPSA) is 77.2 Å². The number of carboxylic acids is 1. The highest BCUT2D eigenvalue weighted by Crippen LogP contribution is 2.21. The molecule has 6 heteroatoms. The second kappa shape index (κ2) is 5.09. The number of ether oxygens (including phenoxy) is 1. The van der Waals surface area contributed by atoms with Gasteiger partial charge in [0, 0.05) is 7.05 Å². The zero-order chi connectivity index (χ0) is 14.0. The van der Waals surface area contributed by atoms with E-state index in [2.05, 4.69) is 10.2 Å². The molecule has 2 aromatic rings. The van der Waals surface area contributed by atoms with Gasteiger partial charge in [0.1, 0.15) is 23.7 Å². The first kappa shape index (κ1) is 13.1. The lowest BCUT2D eigenvalue weighted by Gasteiger charge is -2.09. The zero-order valence-electron chi connectivity index (χ0n) is 11.0. The molecule has 0 saturated carbocycles. The first-order valence-corrected chi connectivity index (χ1v) is 5.80. The summed E-state index contributed by atoms with van der Waals surface area (Å²) in [5.74, 6) is 0.758. The first-order chi connectivity index (χ1) is 8.99. The van der Waals surface area contributed by atoms with Crippen LogP contribution >= 0.6 is 0 Å². The van der Waals surface area contributed by atoms with Gasteiger partial charge >= 0.3 is 5.97 Å². The Kier molecular flexibility index (Phi) is 3.50. The molecule has 2 rings (SSSR count). The van der Waals surface area contributed by atoms with E-state index in [1.54, 1.807) is 16.7 Å². The molecule has 0 radical (unpaired) electrons. The van der Waals surface area contributed by atoms with Crippen LogP contribution in [-0.2, 0) is 13.7 Å². The van der Waals surface area contributed by atoms with Crippen molar-refractivity contribution in [3.63, 3.8) is 0 Å². The molecule has 0 aliphatic carbocycles. The SMILES string of the molecule is Cc1ccc(C(=O)O)c(OCc2nnc(C)n2C)c1. The van der Waals surface area contributed by atoms with Gasteiger partial charge in [-0.2, -0.15) is 0 Å². The van der Waals surface area contributed by atoms with Crippen molar-refractivity contribution in [1.29, 1.82) is 0 Å². The van der Waals surface area contributed by atoms with E-state index >= 15 is 0 Å². The highest BCUT2D eigenvalue weighted by molar-refractivity contribution is 5.90. The minimum absolute atomic E-state index is 0.143. The molecule has 0 aliphatic rings. The molecule has 0 unspecified atom stereocenters. The molecule has 0 spiro atoms. The molecule has 1 N–H and O–H groups in total. The normalized spacial score (nSPS) is 10.5. The third-order valence-corrected chi connectivity index (χ3v) is 2.91. The van der Waals surface area contributed by atoms with Gasteiger partial charge in [0.25, 0.3) is 0 Å². The van der Waals surface area contributed by atoms with Crippen LogP contribution in [0.15, 0.2) is 18.2 Å². The number of aromatic nitrogens is 3. The first-order valence-electron chi connectivity index (χ1n) is 5.80. The Hall–Kier alpha value is -2.37. The van der Waals surface area contributed by atoms with Crippen molar-refractivity contribution in [3.8, 4) is 5.75 Å². The number of aryl methyl sites for hydroxylation is 2. The monoisotopic (exact) mass is 261 g/mol. The van der Waals surface area contributed by atoms with Gasteiger partial charge in [-0.15, -0.1) is 10.2 Å². The van der Waals surface area contributed by atoms with E-state index in [0.29, 0.717) is 11.6 Å². The standard InChI is InChI=1S/C13H15N3O3/c1-8-4-5-10(13(17)18)11(6-8)19-7-12-15-14-9(2)16(12)3/h4-6H,7H2,1-3H3,(H,17,18). The van der Waals surface area contributed by atoms with Crippen LogP contribution in [0.1, 0.15) is 27.6 Å². The summed E-state index contributed by atoms with van der Waals surface area (Å²) < 4.78 is 7.36. The van der Waals surface area contributed by atoms with Crippen molar-refractivity contribution < 1.29 is 14.6 Å². The van der Waals surface area contributed by atoms with Crippen molar-refractivity contribution >= 4 is 5.97 Å². The number of rotatable bonds is 4. The summed E-state index contributed by atoms with van der Waals surface area (Å²) in [5, 5.41) is 17.0. The molecule has 0 saturated heterocycles. The average molecular weight is 261 g/mol. The van der Waals surface area contributed by atoms with E-state index in [1.807, 2.05) is 20.9 Å². The second-order valence-corrected chi connectivity index (χ2v) is 4.32. The Morgan fingerprint density at radius 3 is 2.68 bits per heavy atom. The maximum absolute atomic E-state index is 11.1. The minimum Gasteiger partial charge on any atom is -0.485 e. The molecule has 19 heavy (non-hydrogen) atoms. The van der Waals surface area contributed by atoms with Crippen LogP contribution in [-0.4, -0.2) is 25.8 Å². The van der Waals surface area contributed by atoms with Gasteiger partial charge in [0.15, 0.2) is 5.82 Å². The van der Waals surface area contributed by atoms with Gasteiger partial charge in [-0.25, -0.2) is 4.79 Å². The van der Waals surface area contributed by atoms with Crippen LogP contribution < -0.4 is 4.74 Å². The number of carboxylic acid groups (broad SMARTS) is 1. The summed E-state index contributed by atoms with van der Waals surface area (Å²) in [7, 11) is 1.84. The molecule has 0 amide bonds. The Balaban J connectivity index is 2.21. The molecule has 1 heterocycles. The fraction of sp³-hybridized carbons (Fsp3) is 0.308. The summed E-state index contributed by atoms with van der Waals surface area (Å²) in [6.45, 7) is 3.90. The summed E-state index contributed by atoms with van der Waals surface area (Å²) in [4.78, 5) is 11.1. The van der Waals surface area contributed by atoms with Crippen molar-refractivity contribution in [1.82, 2.24) is 14.8 Å². The maximum atomic E-state index is 11.1. The van der Waals surface area contributed by atoms with Crippen LogP contribution in [0, 0.1) is 13.8 Å². The third kappa shape index (κ3) is 2.73. The van der Waals surface area contributed by atoms with E-state index in [-0.39, 0.29) is 12.2 Å². The number of hydrogen-bond donors (Lipinski definition) is 1. The predicted octanol–water partition coefficient (Wildman–Crippen LogP) is 1.71. The molecule has 1 aromatic carbocycles. The van der Waals surface area contributed by atoms with E-state index < -0.39 is 5.97 Å². The lowest BCUT2D eigenvalue weighted by molar-refractivity contribution is 0.0691. The second-order valence-electron chi connectivity index (χ2n) is 4.32. The lowest BCUT2D eigenvalue weighted by Crippen LogP contribution is -2.07. The molecule has 0 aliphatic heterocycles. The minimum atomic E-state index is -1.01. The highest BCUT2D eigenvalue weighted by atomic mass is 16.5. The number of benzene rings is 1. The van der Waals surface area contributed by atoms with Crippen molar-refractivity contribution in [2.75, 3.05) is 0 Å². The largest absolute Gasteiger partial charge is 0.485 e. The van der Waals surface area contributed by atoms with Crippen molar-refractivity contribution in [2.24, 2.45) is 7.05 Å². The fourth-order valence-corrected chi connectivity index (χ4v) is 1.64. The van der Waals surface area contributed by atoms with Gasteiger partial charge in [0.2, 0.25) is 0 Å². The summed E-state index contributed by atoms with van der Waals surface area (Å²) >= 11 is 0. The average Bonchev–Trinajstić information content (AvgIpc) is 2.67. The van der Waals surface area contributed by atoms with Gasteiger partial charge in [-0.05, 0) is 31.5 Å². The Morgan fingerprint density at radius 1 is 1.37 bits per heavy atom. The Labute approximate surface area is 110 Å². The predicted molar refractivity (Wildman–Crippen MR) is 68.2 cm³/mol. The molecule has 0 bridgehead atoms. The van der Waals surface area contributed by atoms with E-state index in [9.17, 15) is 4.79 Å². The van der Waals surface area contributed by atoms with Gasteiger partial charge < -0.3 is 14.4 Å².